The van der Waals surface area contributed by atoms with Crippen molar-refractivity contribution >= 4 is 17.9 Å². The van der Waals surface area contributed by atoms with Gasteiger partial charge in [-0.3, -0.25) is 9.79 Å². The van der Waals surface area contributed by atoms with Crippen LogP contribution in [0.25, 0.3) is 0 Å². The Bertz CT molecular complexity index is 562. The summed E-state index contributed by atoms with van der Waals surface area (Å²) in [6, 6.07) is 1.24. The molecule has 2 atom stereocenters. The van der Waals surface area contributed by atoms with Gasteiger partial charge in [0.1, 0.15) is 17.7 Å². The summed E-state index contributed by atoms with van der Waals surface area (Å²) in [5.41, 5.74) is 4.90. The quantitative estimate of drug-likeness (QED) is 0.661. The highest BCUT2D eigenvalue weighted by Gasteiger charge is 2.48. The molecule has 1 aromatic carbocycles. The standard InChI is InChI=1S/C12H11F4N3O/c13-8-2-1-6(18-5-20)3-7(8)10-12(15,16)4-9(14)11(17)19-10/h1-3,5,9-10H,4H2,(H2,17,19)(H,18,20). The van der Waals surface area contributed by atoms with Crippen molar-refractivity contribution in [3.05, 3.63) is 29.6 Å². The smallest absolute Gasteiger partial charge is 0.277 e. The molecule has 0 spiro atoms. The second kappa shape index (κ2) is 5.10. The van der Waals surface area contributed by atoms with Gasteiger partial charge in [0.15, 0.2) is 6.17 Å². The van der Waals surface area contributed by atoms with Crippen LogP contribution in [0.4, 0.5) is 23.2 Å². The number of hydrogen-bond donors (Lipinski definition) is 2. The average molecular weight is 289 g/mol. The van der Waals surface area contributed by atoms with E-state index in [9.17, 15) is 22.4 Å². The van der Waals surface area contributed by atoms with Crippen molar-refractivity contribution < 1.29 is 22.4 Å². The maximum atomic E-state index is 13.8. The van der Waals surface area contributed by atoms with Crippen LogP contribution in [0.15, 0.2) is 23.2 Å². The van der Waals surface area contributed by atoms with E-state index in [1.165, 1.54) is 6.07 Å². The van der Waals surface area contributed by atoms with E-state index < -0.39 is 41.8 Å². The first kappa shape index (κ1) is 14.3. The highest BCUT2D eigenvalue weighted by atomic mass is 19.3. The summed E-state index contributed by atoms with van der Waals surface area (Å²) in [5.74, 6) is -5.09. The van der Waals surface area contributed by atoms with E-state index in [0.29, 0.717) is 6.41 Å². The number of amidine groups is 1. The molecule has 2 rings (SSSR count). The SMILES string of the molecule is NC1=NC(c2cc(NC=O)ccc2F)C(F)(F)CC1F. The molecule has 0 aromatic heterocycles. The van der Waals surface area contributed by atoms with E-state index >= 15 is 0 Å². The molecule has 8 heteroatoms. The second-order valence-corrected chi connectivity index (χ2v) is 4.39. The number of benzene rings is 1. The Hall–Kier alpha value is -2.12. The molecule has 0 saturated carbocycles. The van der Waals surface area contributed by atoms with Crippen LogP contribution in [0.5, 0.6) is 0 Å². The minimum Gasteiger partial charge on any atom is -0.385 e. The number of aliphatic imine (C=N–C) groups is 1. The zero-order valence-corrected chi connectivity index (χ0v) is 10.1. The van der Waals surface area contributed by atoms with E-state index in [-0.39, 0.29) is 5.69 Å². The highest BCUT2D eigenvalue weighted by Crippen LogP contribution is 2.43. The Balaban J connectivity index is 2.48. The molecule has 3 N–H and O–H groups in total. The number of carbonyl (C=O) groups excluding carboxylic acids is 1. The lowest BCUT2D eigenvalue weighted by atomic mass is 9.93. The number of nitrogens with zero attached hydrogens (tertiary/aromatic N) is 1. The fourth-order valence-corrected chi connectivity index (χ4v) is 1.99. The third-order valence-electron chi connectivity index (χ3n) is 2.97. The lowest BCUT2D eigenvalue weighted by Crippen LogP contribution is -2.41. The van der Waals surface area contributed by atoms with Crippen molar-refractivity contribution in [2.24, 2.45) is 10.7 Å². The number of carbonyl (C=O) groups is 1. The van der Waals surface area contributed by atoms with Crippen LogP contribution in [-0.4, -0.2) is 24.3 Å². The van der Waals surface area contributed by atoms with E-state index in [0.717, 1.165) is 12.1 Å². The van der Waals surface area contributed by atoms with Crippen molar-refractivity contribution in [3.63, 3.8) is 0 Å². The molecule has 108 valence electrons. The van der Waals surface area contributed by atoms with Gasteiger partial charge in [0.25, 0.3) is 5.92 Å². The predicted molar refractivity (Wildman–Crippen MR) is 64.9 cm³/mol. The highest BCUT2D eigenvalue weighted by molar-refractivity contribution is 5.86. The fraction of sp³-hybridized carbons (Fsp3) is 0.333. The van der Waals surface area contributed by atoms with Crippen molar-refractivity contribution in [2.45, 2.75) is 24.6 Å². The van der Waals surface area contributed by atoms with Gasteiger partial charge < -0.3 is 11.1 Å². The minimum absolute atomic E-state index is 0.128. The number of nitrogens with one attached hydrogen (secondary N) is 1. The molecule has 20 heavy (non-hydrogen) atoms. The maximum Gasteiger partial charge on any atom is 0.277 e. The summed E-state index contributed by atoms with van der Waals surface area (Å²) in [7, 11) is 0. The number of amides is 1. The van der Waals surface area contributed by atoms with Gasteiger partial charge in [-0.1, -0.05) is 0 Å². The van der Waals surface area contributed by atoms with Gasteiger partial charge in [0.05, 0.1) is 6.42 Å². The summed E-state index contributed by atoms with van der Waals surface area (Å²) in [6.07, 6.45) is -2.89. The summed E-state index contributed by atoms with van der Waals surface area (Å²) in [5, 5.41) is 2.22. The number of anilines is 1. The lowest BCUT2D eigenvalue weighted by molar-refractivity contribution is -0.105. The van der Waals surface area contributed by atoms with Crippen LogP contribution in [0.1, 0.15) is 18.0 Å². The molecule has 1 heterocycles. The molecule has 0 aliphatic carbocycles. The van der Waals surface area contributed by atoms with Crippen molar-refractivity contribution in [3.8, 4) is 0 Å². The largest absolute Gasteiger partial charge is 0.385 e. The molecule has 1 amide bonds. The van der Waals surface area contributed by atoms with E-state index in [2.05, 4.69) is 10.3 Å². The summed E-state index contributed by atoms with van der Waals surface area (Å²) in [4.78, 5) is 13.7. The van der Waals surface area contributed by atoms with Crippen molar-refractivity contribution in [1.82, 2.24) is 0 Å². The van der Waals surface area contributed by atoms with Crippen LogP contribution in [0, 0.1) is 5.82 Å². The molecule has 2 unspecified atom stereocenters. The summed E-state index contributed by atoms with van der Waals surface area (Å²) < 4.78 is 54.5. The molecule has 0 bridgehead atoms. The van der Waals surface area contributed by atoms with Crippen LogP contribution in [-0.2, 0) is 4.79 Å². The van der Waals surface area contributed by atoms with Gasteiger partial charge in [0.2, 0.25) is 6.41 Å². The first-order chi connectivity index (χ1) is 9.35. The average Bonchev–Trinajstić information content (AvgIpc) is 2.36. The van der Waals surface area contributed by atoms with Crippen LogP contribution < -0.4 is 11.1 Å². The lowest BCUT2D eigenvalue weighted by Gasteiger charge is -2.30. The second-order valence-electron chi connectivity index (χ2n) is 4.39. The van der Waals surface area contributed by atoms with E-state index in [4.69, 9.17) is 5.73 Å². The van der Waals surface area contributed by atoms with Crippen LogP contribution >= 0.6 is 0 Å². The Kier molecular flexibility index (Phi) is 3.65. The first-order valence-corrected chi connectivity index (χ1v) is 5.70. The Morgan fingerprint density at radius 2 is 2.15 bits per heavy atom. The van der Waals surface area contributed by atoms with Crippen molar-refractivity contribution in [1.29, 1.82) is 0 Å². The predicted octanol–water partition coefficient (Wildman–Crippen LogP) is 2.17. The van der Waals surface area contributed by atoms with Gasteiger partial charge >= 0.3 is 0 Å². The minimum atomic E-state index is -3.57. The molecule has 1 aliphatic rings. The molecule has 1 aliphatic heterocycles. The normalized spacial score (nSPS) is 24.9. The maximum absolute atomic E-state index is 13.8. The first-order valence-electron chi connectivity index (χ1n) is 5.70. The number of halogens is 4. The topological polar surface area (TPSA) is 67.5 Å². The van der Waals surface area contributed by atoms with Crippen LogP contribution in [0.2, 0.25) is 0 Å². The van der Waals surface area contributed by atoms with Gasteiger partial charge in [-0.05, 0) is 18.2 Å². The summed E-state index contributed by atoms with van der Waals surface area (Å²) >= 11 is 0. The van der Waals surface area contributed by atoms with E-state index in [1.54, 1.807) is 0 Å². The Labute approximate surface area is 111 Å². The van der Waals surface area contributed by atoms with Gasteiger partial charge in [-0.25, -0.2) is 17.6 Å². The Morgan fingerprint density at radius 3 is 2.80 bits per heavy atom. The molecular weight excluding hydrogens is 278 g/mol. The molecule has 0 fully saturated rings. The third kappa shape index (κ3) is 2.59. The number of alkyl halides is 3. The van der Waals surface area contributed by atoms with Gasteiger partial charge in [-0.15, -0.1) is 0 Å². The van der Waals surface area contributed by atoms with Crippen LogP contribution in [0.3, 0.4) is 0 Å². The molecule has 4 nitrogen and oxygen atoms in total. The number of nitrogens with two attached hydrogens (primary N) is 1. The Morgan fingerprint density at radius 1 is 1.45 bits per heavy atom. The zero-order valence-electron chi connectivity index (χ0n) is 10.1. The molecule has 0 saturated heterocycles. The molecular formula is C12H11F4N3O. The number of rotatable bonds is 3. The van der Waals surface area contributed by atoms with Crippen molar-refractivity contribution in [2.75, 3.05) is 5.32 Å². The van der Waals surface area contributed by atoms with Gasteiger partial charge in [-0.2, -0.15) is 0 Å². The fourth-order valence-electron chi connectivity index (χ4n) is 1.99. The van der Waals surface area contributed by atoms with E-state index in [1.807, 2.05) is 0 Å². The third-order valence-corrected chi connectivity index (χ3v) is 2.97. The summed E-state index contributed by atoms with van der Waals surface area (Å²) in [6.45, 7) is 0. The molecule has 1 aromatic rings. The van der Waals surface area contributed by atoms with Gasteiger partial charge in [0, 0.05) is 11.3 Å². The molecule has 0 radical (unpaired) electrons. The monoisotopic (exact) mass is 289 g/mol. The number of hydrogen-bond acceptors (Lipinski definition) is 3. The zero-order chi connectivity index (χ0) is 14.9.